The fourth-order valence-electron chi connectivity index (χ4n) is 9.12. The largest absolute Gasteiger partial charge is 0.455 e. The van der Waals surface area contributed by atoms with Crippen molar-refractivity contribution in [1.82, 2.24) is 0 Å². The highest BCUT2D eigenvalue weighted by molar-refractivity contribution is 6.22. The fraction of sp³-hybridized carbons (Fsp3) is 0. The average Bonchev–Trinajstić information content (AvgIpc) is 3.90. The third-order valence-corrected chi connectivity index (χ3v) is 11.9. The van der Waals surface area contributed by atoms with Gasteiger partial charge in [0, 0.05) is 38.2 Å². The van der Waals surface area contributed by atoms with Gasteiger partial charge in [-0.05, 0) is 93.2 Å². The monoisotopic (exact) mass is 753 g/mol. The molecule has 0 aliphatic heterocycles. The van der Waals surface area contributed by atoms with E-state index in [1.54, 1.807) is 0 Å². The van der Waals surface area contributed by atoms with Crippen LogP contribution >= 0.6 is 0 Å². The molecular weight excluding hydrogens is 719 g/mol. The van der Waals surface area contributed by atoms with Crippen LogP contribution in [0.2, 0.25) is 0 Å². The number of anilines is 3. The van der Waals surface area contributed by atoms with E-state index in [4.69, 9.17) is 8.83 Å². The molecule has 3 nitrogen and oxygen atoms in total. The predicted molar refractivity (Wildman–Crippen MR) is 247 cm³/mol. The van der Waals surface area contributed by atoms with E-state index < -0.39 is 0 Å². The van der Waals surface area contributed by atoms with E-state index in [1.165, 1.54) is 16.7 Å². The first-order chi connectivity index (χ1) is 29.3. The van der Waals surface area contributed by atoms with Crippen LogP contribution in [-0.4, -0.2) is 0 Å². The van der Waals surface area contributed by atoms with Crippen LogP contribution in [0, 0.1) is 0 Å². The van der Waals surface area contributed by atoms with Crippen molar-refractivity contribution in [1.29, 1.82) is 0 Å². The number of rotatable bonds is 6. The zero-order chi connectivity index (χ0) is 38.9. The molecule has 10 aromatic carbocycles. The smallest absolute Gasteiger partial charge is 0.143 e. The Morgan fingerprint density at radius 3 is 1.53 bits per heavy atom. The Morgan fingerprint density at radius 1 is 0.305 bits per heavy atom. The first-order valence-corrected chi connectivity index (χ1v) is 20.1. The zero-order valence-corrected chi connectivity index (χ0v) is 32.0. The number of nitrogens with zero attached hydrogens (tertiary/aromatic N) is 1. The highest BCUT2D eigenvalue weighted by Crippen LogP contribution is 2.49. The van der Waals surface area contributed by atoms with Gasteiger partial charge in [-0.2, -0.15) is 0 Å². The van der Waals surface area contributed by atoms with Crippen molar-refractivity contribution in [3.05, 3.63) is 212 Å². The standard InChI is InChI=1S/C56H35NO2/c1-2-13-36(14-3-1)40-17-10-18-41(35-40)37-27-31-42(32-28-37)57(50-24-12-26-52-54(50)48-34-30-39-16-5-7-20-44(39)56(48)59-52)49-23-9-8-21-45(49)46-22-11-25-51-53(46)47-33-29-38-15-4-6-19-43(38)55(47)58-51/h1-35H. The lowest BCUT2D eigenvalue weighted by Gasteiger charge is -2.29. The summed E-state index contributed by atoms with van der Waals surface area (Å²) in [5.74, 6) is 0. The second-order valence-electron chi connectivity index (χ2n) is 15.2. The van der Waals surface area contributed by atoms with E-state index in [1.807, 2.05) is 0 Å². The molecule has 12 aromatic rings. The van der Waals surface area contributed by atoms with Gasteiger partial charge in [0.05, 0.1) is 16.8 Å². The van der Waals surface area contributed by atoms with Crippen molar-refractivity contribution in [3.63, 3.8) is 0 Å². The van der Waals surface area contributed by atoms with Crippen molar-refractivity contribution in [2.75, 3.05) is 4.90 Å². The summed E-state index contributed by atoms with van der Waals surface area (Å²) in [6.45, 7) is 0. The maximum Gasteiger partial charge on any atom is 0.143 e. The first-order valence-electron chi connectivity index (χ1n) is 20.1. The second kappa shape index (κ2) is 13.4. The number of benzene rings is 10. The van der Waals surface area contributed by atoms with Crippen molar-refractivity contribution in [3.8, 4) is 33.4 Å². The lowest BCUT2D eigenvalue weighted by molar-refractivity contribution is 0.672. The number of furan rings is 2. The van der Waals surface area contributed by atoms with E-state index in [0.29, 0.717) is 0 Å². The van der Waals surface area contributed by atoms with Gasteiger partial charge in [0.25, 0.3) is 0 Å². The Morgan fingerprint density at radius 2 is 0.814 bits per heavy atom. The molecule has 0 bridgehead atoms. The normalized spacial score (nSPS) is 11.7. The summed E-state index contributed by atoms with van der Waals surface area (Å²) in [5, 5.41) is 8.90. The molecule has 0 aliphatic rings. The molecule has 59 heavy (non-hydrogen) atoms. The molecule has 0 aliphatic carbocycles. The quantitative estimate of drug-likeness (QED) is 0.169. The predicted octanol–water partition coefficient (Wildman–Crippen LogP) is 16.3. The number of fused-ring (bicyclic) bond motifs is 10. The van der Waals surface area contributed by atoms with Crippen LogP contribution in [0.25, 0.3) is 98.8 Å². The van der Waals surface area contributed by atoms with Gasteiger partial charge in [-0.15, -0.1) is 0 Å². The molecule has 3 heteroatoms. The third kappa shape index (κ3) is 5.36. The molecule has 2 aromatic heterocycles. The molecule has 276 valence electrons. The number of para-hydroxylation sites is 1. The minimum absolute atomic E-state index is 0.848. The Balaban J connectivity index is 1.09. The maximum atomic E-state index is 6.76. The van der Waals surface area contributed by atoms with Crippen molar-refractivity contribution < 1.29 is 8.83 Å². The van der Waals surface area contributed by atoms with Crippen molar-refractivity contribution in [2.24, 2.45) is 0 Å². The summed E-state index contributed by atoms with van der Waals surface area (Å²) < 4.78 is 13.5. The molecule has 2 heterocycles. The van der Waals surface area contributed by atoms with Gasteiger partial charge in [-0.1, -0.05) is 158 Å². The van der Waals surface area contributed by atoms with Crippen LogP contribution in [-0.2, 0) is 0 Å². The average molecular weight is 754 g/mol. The summed E-state index contributed by atoms with van der Waals surface area (Å²) in [7, 11) is 0. The van der Waals surface area contributed by atoms with Gasteiger partial charge >= 0.3 is 0 Å². The Kier molecular flexibility index (Phi) is 7.54. The van der Waals surface area contributed by atoms with E-state index in [0.717, 1.165) is 99.2 Å². The van der Waals surface area contributed by atoms with Gasteiger partial charge in [0.2, 0.25) is 0 Å². The molecule has 0 saturated carbocycles. The molecule has 0 unspecified atom stereocenters. The summed E-state index contributed by atoms with van der Waals surface area (Å²) in [6, 6.07) is 75.6. The van der Waals surface area contributed by atoms with Gasteiger partial charge < -0.3 is 13.7 Å². The molecule has 0 spiro atoms. The van der Waals surface area contributed by atoms with Crippen LogP contribution < -0.4 is 4.90 Å². The maximum absolute atomic E-state index is 6.76. The second-order valence-corrected chi connectivity index (χ2v) is 15.2. The summed E-state index contributed by atoms with van der Waals surface area (Å²) in [6.07, 6.45) is 0. The molecule has 0 fully saturated rings. The van der Waals surface area contributed by atoms with Gasteiger partial charge in [-0.25, -0.2) is 0 Å². The topological polar surface area (TPSA) is 29.5 Å². The zero-order valence-electron chi connectivity index (χ0n) is 32.0. The van der Waals surface area contributed by atoms with Gasteiger partial charge in [0.1, 0.15) is 22.3 Å². The minimum Gasteiger partial charge on any atom is -0.455 e. The highest BCUT2D eigenvalue weighted by Gasteiger charge is 2.24. The lowest BCUT2D eigenvalue weighted by Crippen LogP contribution is -2.11. The summed E-state index contributed by atoms with van der Waals surface area (Å²) in [5.41, 5.74) is 13.6. The Labute approximate surface area is 340 Å². The molecule has 0 radical (unpaired) electrons. The molecular formula is C56H35NO2. The highest BCUT2D eigenvalue weighted by atomic mass is 16.3. The van der Waals surface area contributed by atoms with Gasteiger partial charge in [0.15, 0.2) is 0 Å². The summed E-state index contributed by atoms with van der Waals surface area (Å²) >= 11 is 0. The molecule has 0 N–H and O–H groups in total. The van der Waals surface area contributed by atoms with E-state index in [-0.39, 0.29) is 0 Å². The first kappa shape index (κ1) is 33.3. The number of hydrogen-bond donors (Lipinski definition) is 0. The van der Waals surface area contributed by atoms with E-state index in [2.05, 4.69) is 217 Å². The third-order valence-electron chi connectivity index (χ3n) is 11.9. The fourth-order valence-corrected chi connectivity index (χ4v) is 9.12. The van der Waals surface area contributed by atoms with E-state index >= 15 is 0 Å². The number of hydrogen-bond acceptors (Lipinski definition) is 3. The van der Waals surface area contributed by atoms with E-state index in [9.17, 15) is 0 Å². The lowest BCUT2D eigenvalue weighted by atomic mass is 9.95. The Hall–Kier alpha value is -7.88. The SMILES string of the molecule is c1ccc(-c2cccc(-c3ccc(N(c4ccccc4-c4cccc5oc6c7ccccc7ccc6c45)c4cccc5oc6c7ccccc7ccc6c45)cc3)c2)cc1. The van der Waals surface area contributed by atoms with Crippen molar-refractivity contribution >= 4 is 82.5 Å². The molecule has 0 amide bonds. The minimum atomic E-state index is 0.848. The molecule has 0 saturated heterocycles. The van der Waals surface area contributed by atoms with Crippen molar-refractivity contribution in [2.45, 2.75) is 0 Å². The van der Waals surface area contributed by atoms with Crippen LogP contribution in [0.15, 0.2) is 221 Å². The van der Waals surface area contributed by atoms with Crippen LogP contribution in [0.5, 0.6) is 0 Å². The van der Waals surface area contributed by atoms with Crippen LogP contribution in [0.3, 0.4) is 0 Å². The Bertz CT molecular complexity index is 3560. The van der Waals surface area contributed by atoms with Crippen LogP contribution in [0.1, 0.15) is 0 Å². The molecule has 12 rings (SSSR count). The van der Waals surface area contributed by atoms with Crippen LogP contribution in [0.4, 0.5) is 17.1 Å². The molecule has 0 atom stereocenters. The summed E-state index contributed by atoms with van der Waals surface area (Å²) in [4.78, 5) is 2.41. The van der Waals surface area contributed by atoms with Gasteiger partial charge in [-0.3, -0.25) is 0 Å².